The third-order valence-electron chi connectivity index (χ3n) is 6.68. The van der Waals surface area contributed by atoms with E-state index in [2.05, 4.69) is 25.3 Å². The van der Waals surface area contributed by atoms with Gasteiger partial charge in [-0.15, -0.1) is 0 Å². The van der Waals surface area contributed by atoms with E-state index in [4.69, 9.17) is 9.47 Å². The molecule has 5 rings (SSSR count). The first kappa shape index (κ1) is 30.1. The second-order valence-electron chi connectivity index (χ2n) is 9.67. The van der Waals surface area contributed by atoms with Gasteiger partial charge in [-0.05, 0) is 49.4 Å². The van der Waals surface area contributed by atoms with Crippen LogP contribution in [-0.4, -0.2) is 51.6 Å². The lowest BCUT2D eigenvalue weighted by atomic mass is 10.2. The zero-order valence-corrected chi connectivity index (χ0v) is 25.3. The minimum Gasteiger partial charge on any atom is -0.497 e. The van der Waals surface area contributed by atoms with Gasteiger partial charge >= 0.3 is 0 Å². The van der Waals surface area contributed by atoms with E-state index in [9.17, 15) is 13.2 Å². The maximum Gasteiger partial charge on any atom is 0.263 e. The summed E-state index contributed by atoms with van der Waals surface area (Å²) >= 11 is 0. The molecule has 0 aliphatic rings. The number of hydrogen-bond acceptors (Lipinski definition) is 9. The zero-order valence-electron chi connectivity index (χ0n) is 24.4. The molecule has 0 spiro atoms. The Bertz CT molecular complexity index is 1860. The number of aromatic nitrogens is 2. The Morgan fingerprint density at radius 2 is 1.41 bits per heavy atom. The van der Waals surface area contributed by atoms with Gasteiger partial charge in [0.2, 0.25) is 5.91 Å². The monoisotopic (exact) mass is 612 g/mol. The molecule has 0 saturated heterocycles. The summed E-state index contributed by atoms with van der Waals surface area (Å²) in [5, 5.41) is 5.95. The number of methoxy groups -OCH3 is 2. The molecule has 226 valence electrons. The summed E-state index contributed by atoms with van der Waals surface area (Å²) in [4.78, 5) is 23.9. The van der Waals surface area contributed by atoms with Crippen molar-refractivity contribution < 1.29 is 22.7 Å². The molecule has 11 nitrogen and oxygen atoms in total. The second kappa shape index (κ2) is 13.3. The van der Waals surface area contributed by atoms with Crippen molar-refractivity contribution in [1.29, 1.82) is 0 Å². The van der Waals surface area contributed by atoms with E-state index in [0.29, 0.717) is 40.5 Å². The minimum absolute atomic E-state index is 0.0126. The molecule has 0 bridgehead atoms. The predicted octanol–water partition coefficient (Wildman–Crippen LogP) is 5.66. The number of carbonyl (C=O) groups excluding carboxylic acids is 1. The molecule has 0 aliphatic carbocycles. The van der Waals surface area contributed by atoms with Gasteiger partial charge in [0, 0.05) is 41.8 Å². The van der Waals surface area contributed by atoms with Crippen molar-refractivity contribution in [2.45, 2.75) is 11.8 Å². The highest BCUT2D eigenvalue weighted by Crippen LogP contribution is 2.31. The molecule has 1 amide bonds. The van der Waals surface area contributed by atoms with E-state index >= 15 is 0 Å². The summed E-state index contributed by atoms with van der Waals surface area (Å²) in [7, 11) is -1.08. The largest absolute Gasteiger partial charge is 0.497 e. The molecule has 5 aromatic rings. The summed E-state index contributed by atoms with van der Waals surface area (Å²) in [6.45, 7) is 2.69. The number of hydrogen-bond donors (Lipinski definition) is 3. The molecule has 1 heterocycles. The van der Waals surface area contributed by atoms with Crippen LogP contribution in [0.2, 0.25) is 0 Å². The van der Waals surface area contributed by atoms with E-state index in [1.54, 1.807) is 48.5 Å². The molecule has 12 heteroatoms. The molecule has 0 fully saturated rings. The third kappa shape index (κ3) is 7.16. The van der Waals surface area contributed by atoms with Gasteiger partial charge in [-0.25, -0.2) is 18.4 Å². The van der Waals surface area contributed by atoms with E-state index in [1.807, 2.05) is 48.2 Å². The highest BCUT2D eigenvalue weighted by molar-refractivity contribution is 7.92. The predicted molar refractivity (Wildman–Crippen MR) is 173 cm³/mol. The number of para-hydroxylation sites is 3. The van der Waals surface area contributed by atoms with E-state index in [1.165, 1.54) is 26.4 Å². The van der Waals surface area contributed by atoms with Crippen LogP contribution in [0, 0.1) is 0 Å². The Balaban J connectivity index is 1.40. The number of fused-ring (bicyclic) bond motifs is 1. The molecule has 1 aromatic heterocycles. The van der Waals surface area contributed by atoms with Crippen molar-refractivity contribution >= 4 is 55.7 Å². The number of nitrogens with zero attached hydrogens (tertiary/aromatic N) is 3. The zero-order chi connectivity index (χ0) is 31.1. The summed E-state index contributed by atoms with van der Waals surface area (Å²) in [6, 6.07) is 27.9. The number of ether oxygens (including phenoxy) is 2. The van der Waals surface area contributed by atoms with Crippen molar-refractivity contribution in [2.24, 2.45) is 0 Å². The van der Waals surface area contributed by atoms with Gasteiger partial charge in [0.1, 0.15) is 11.5 Å². The van der Waals surface area contributed by atoms with Gasteiger partial charge in [0.25, 0.3) is 10.0 Å². The number of nitrogens with one attached hydrogen (secondary N) is 3. The van der Waals surface area contributed by atoms with Crippen LogP contribution in [0.25, 0.3) is 11.0 Å². The third-order valence-corrected chi connectivity index (χ3v) is 8.02. The molecule has 44 heavy (non-hydrogen) atoms. The first-order valence-corrected chi connectivity index (χ1v) is 15.3. The number of benzene rings is 4. The fraction of sp³-hybridized carbons (Fsp3) is 0.156. The molecular weight excluding hydrogens is 580 g/mol. The SMILES string of the molecule is CCN(CC(=O)Nc1cccc(S(=O)(=O)Nc2nc3ccccc3nc2Nc2cc(OC)cc(OC)c2)c1)c1ccccc1. The molecule has 0 aliphatic heterocycles. The molecule has 4 aromatic carbocycles. The van der Waals surface area contributed by atoms with E-state index in [-0.39, 0.29) is 29.0 Å². The van der Waals surface area contributed by atoms with Crippen LogP contribution in [0.15, 0.2) is 102 Å². The summed E-state index contributed by atoms with van der Waals surface area (Å²) < 4.78 is 40.5. The quantitative estimate of drug-likeness (QED) is 0.163. The lowest BCUT2D eigenvalue weighted by Crippen LogP contribution is -2.33. The molecule has 0 unspecified atom stereocenters. The molecule has 0 radical (unpaired) electrons. The Hall–Kier alpha value is -5.36. The first-order chi connectivity index (χ1) is 21.3. The van der Waals surface area contributed by atoms with E-state index in [0.717, 1.165) is 5.69 Å². The number of sulfonamides is 1. The minimum atomic E-state index is -4.15. The second-order valence-corrected chi connectivity index (χ2v) is 11.3. The topological polar surface area (TPSA) is 135 Å². The van der Waals surface area contributed by atoms with Crippen molar-refractivity contribution in [1.82, 2.24) is 9.97 Å². The summed E-state index contributed by atoms with van der Waals surface area (Å²) in [5.74, 6) is 0.952. The van der Waals surface area contributed by atoms with Crippen molar-refractivity contribution in [3.8, 4) is 11.5 Å². The van der Waals surface area contributed by atoms with Crippen LogP contribution in [0.3, 0.4) is 0 Å². The van der Waals surface area contributed by atoms with Crippen molar-refractivity contribution in [3.05, 3.63) is 97.1 Å². The lowest BCUT2D eigenvalue weighted by molar-refractivity contribution is -0.115. The fourth-order valence-corrected chi connectivity index (χ4v) is 5.55. The van der Waals surface area contributed by atoms with Crippen LogP contribution in [0.1, 0.15) is 6.92 Å². The lowest BCUT2D eigenvalue weighted by Gasteiger charge is -2.22. The number of anilines is 5. The standard InChI is InChI=1S/C32H32N6O5S/c1-4-38(24-12-6-5-7-13-24)21-30(39)33-22-11-10-14-27(19-22)44(40,41)37-32-31(35-28-15-8-9-16-29(28)36-32)34-23-17-25(42-2)20-26(18-23)43-3/h5-20H,4,21H2,1-3H3,(H,33,39)(H,34,35)(H,36,37). The number of likely N-dealkylation sites (N-methyl/N-ethyl adjacent to an activating group) is 1. The molecule has 0 saturated carbocycles. The fourth-order valence-electron chi connectivity index (χ4n) is 4.50. The van der Waals surface area contributed by atoms with Gasteiger partial charge in [0.15, 0.2) is 11.6 Å². The van der Waals surface area contributed by atoms with Gasteiger partial charge in [-0.3, -0.25) is 9.52 Å². The van der Waals surface area contributed by atoms with Gasteiger partial charge in [-0.2, -0.15) is 0 Å². The maximum absolute atomic E-state index is 13.6. The average molecular weight is 613 g/mol. The highest BCUT2D eigenvalue weighted by Gasteiger charge is 2.20. The van der Waals surface area contributed by atoms with Crippen molar-refractivity contribution in [2.75, 3.05) is 47.6 Å². The summed E-state index contributed by atoms with van der Waals surface area (Å²) in [5.41, 5.74) is 2.87. The van der Waals surface area contributed by atoms with E-state index < -0.39 is 10.0 Å². The summed E-state index contributed by atoms with van der Waals surface area (Å²) in [6.07, 6.45) is 0. The van der Waals surface area contributed by atoms with Gasteiger partial charge in [-0.1, -0.05) is 36.4 Å². The highest BCUT2D eigenvalue weighted by atomic mass is 32.2. The Morgan fingerprint density at radius 1 is 0.773 bits per heavy atom. The Labute approximate surface area is 255 Å². The van der Waals surface area contributed by atoms with Crippen LogP contribution in [-0.2, 0) is 14.8 Å². The first-order valence-electron chi connectivity index (χ1n) is 13.8. The van der Waals surface area contributed by atoms with Gasteiger partial charge in [0.05, 0.1) is 36.7 Å². The maximum atomic E-state index is 13.6. The van der Waals surface area contributed by atoms with Crippen LogP contribution in [0.4, 0.5) is 28.7 Å². The van der Waals surface area contributed by atoms with Crippen LogP contribution < -0.4 is 29.7 Å². The molecule has 0 atom stereocenters. The number of amides is 1. The number of carbonyl (C=O) groups is 1. The molecular formula is C32H32N6O5S. The molecule has 3 N–H and O–H groups in total. The van der Waals surface area contributed by atoms with Crippen LogP contribution >= 0.6 is 0 Å². The number of rotatable bonds is 12. The Kier molecular flexibility index (Phi) is 9.10. The van der Waals surface area contributed by atoms with Gasteiger partial charge < -0.3 is 25.0 Å². The smallest absolute Gasteiger partial charge is 0.263 e. The van der Waals surface area contributed by atoms with Crippen LogP contribution in [0.5, 0.6) is 11.5 Å². The normalized spacial score (nSPS) is 11.1. The Morgan fingerprint density at radius 3 is 2.05 bits per heavy atom. The average Bonchev–Trinajstić information content (AvgIpc) is 3.04. The van der Waals surface area contributed by atoms with Crippen molar-refractivity contribution in [3.63, 3.8) is 0 Å².